The first kappa shape index (κ1) is 12.9. The smallest absolute Gasteiger partial charge is 0.219 e. The summed E-state index contributed by atoms with van der Waals surface area (Å²) in [4.78, 5) is 0. The van der Waals surface area contributed by atoms with Crippen LogP contribution in [0.15, 0.2) is 0 Å². The van der Waals surface area contributed by atoms with Crippen LogP contribution in [0.4, 0.5) is 0 Å². The van der Waals surface area contributed by atoms with Crippen molar-refractivity contribution < 1.29 is 13.5 Å². The molecule has 15 heavy (non-hydrogen) atoms. The second-order valence-corrected chi connectivity index (χ2v) is 6.75. The van der Waals surface area contributed by atoms with Crippen LogP contribution in [-0.4, -0.2) is 41.8 Å². The van der Waals surface area contributed by atoms with E-state index in [1.807, 2.05) is 13.8 Å². The standard InChI is InChI=1S/C10H21NO3S/c1-8-5-4-6-9(2)11(8)15(13,14)10(3)7-12/h8-10,12H,4-7H2,1-3H3. The number of sulfonamides is 1. The SMILES string of the molecule is CC1CCCC(C)N1S(=O)(=O)C(C)CO. The summed E-state index contributed by atoms with van der Waals surface area (Å²) in [6, 6.07) is 0.125. The van der Waals surface area contributed by atoms with E-state index in [2.05, 4.69) is 0 Å². The zero-order valence-corrected chi connectivity index (χ0v) is 10.5. The first-order valence-electron chi connectivity index (χ1n) is 5.54. The van der Waals surface area contributed by atoms with Crippen molar-refractivity contribution in [3.63, 3.8) is 0 Å². The molecule has 0 radical (unpaired) electrons. The number of nitrogens with zero attached hydrogens (tertiary/aromatic N) is 1. The zero-order valence-electron chi connectivity index (χ0n) is 9.68. The van der Waals surface area contributed by atoms with E-state index in [1.54, 1.807) is 11.2 Å². The number of hydrogen-bond donors (Lipinski definition) is 1. The Morgan fingerprint density at radius 2 is 1.80 bits per heavy atom. The Morgan fingerprint density at radius 3 is 2.20 bits per heavy atom. The Bertz CT molecular complexity index is 292. The van der Waals surface area contributed by atoms with Crippen molar-refractivity contribution in [2.24, 2.45) is 0 Å². The maximum Gasteiger partial charge on any atom is 0.219 e. The molecule has 1 aliphatic rings. The summed E-state index contributed by atoms with van der Waals surface area (Å²) in [6.07, 6.45) is 2.92. The van der Waals surface area contributed by atoms with Gasteiger partial charge >= 0.3 is 0 Å². The van der Waals surface area contributed by atoms with Gasteiger partial charge in [0.15, 0.2) is 0 Å². The van der Waals surface area contributed by atoms with Crippen molar-refractivity contribution in [1.29, 1.82) is 0 Å². The van der Waals surface area contributed by atoms with Gasteiger partial charge in [0.05, 0.1) is 11.9 Å². The van der Waals surface area contributed by atoms with E-state index in [0.717, 1.165) is 19.3 Å². The van der Waals surface area contributed by atoms with Crippen molar-refractivity contribution in [1.82, 2.24) is 4.31 Å². The number of aliphatic hydroxyl groups excluding tert-OH is 1. The van der Waals surface area contributed by atoms with Crippen LogP contribution >= 0.6 is 0 Å². The molecule has 1 saturated heterocycles. The van der Waals surface area contributed by atoms with Gasteiger partial charge in [-0.25, -0.2) is 8.42 Å². The third-order valence-corrected chi connectivity index (χ3v) is 5.65. The first-order valence-corrected chi connectivity index (χ1v) is 7.04. The number of rotatable bonds is 3. The summed E-state index contributed by atoms with van der Waals surface area (Å²) in [7, 11) is -3.33. The topological polar surface area (TPSA) is 57.6 Å². The van der Waals surface area contributed by atoms with Crippen molar-refractivity contribution >= 4 is 10.0 Å². The van der Waals surface area contributed by atoms with Gasteiger partial charge in [0.25, 0.3) is 0 Å². The second kappa shape index (κ2) is 4.80. The lowest BCUT2D eigenvalue weighted by Crippen LogP contribution is -2.51. The minimum Gasteiger partial charge on any atom is -0.395 e. The van der Waals surface area contributed by atoms with Crippen LogP contribution in [-0.2, 0) is 10.0 Å². The van der Waals surface area contributed by atoms with Crippen LogP contribution < -0.4 is 0 Å². The normalized spacial score (nSPS) is 31.5. The predicted molar refractivity (Wildman–Crippen MR) is 60.1 cm³/mol. The van der Waals surface area contributed by atoms with Gasteiger partial charge < -0.3 is 5.11 Å². The fourth-order valence-corrected chi connectivity index (χ4v) is 4.02. The quantitative estimate of drug-likeness (QED) is 0.792. The lowest BCUT2D eigenvalue weighted by atomic mass is 10.0. The number of aliphatic hydroxyl groups is 1. The Labute approximate surface area is 92.3 Å². The molecule has 0 aromatic rings. The summed E-state index contributed by atoms with van der Waals surface area (Å²) in [5, 5.41) is 8.27. The van der Waals surface area contributed by atoms with Crippen LogP contribution in [0.25, 0.3) is 0 Å². The molecule has 0 aromatic carbocycles. The molecule has 0 aromatic heterocycles. The molecule has 1 heterocycles. The van der Waals surface area contributed by atoms with Crippen LogP contribution in [0, 0.1) is 0 Å². The predicted octanol–water partition coefficient (Wildman–Crippen LogP) is 0.960. The van der Waals surface area contributed by atoms with E-state index in [0.29, 0.717) is 0 Å². The fraction of sp³-hybridized carbons (Fsp3) is 1.00. The first-order chi connectivity index (χ1) is 6.91. The molecular formula is C10H21NO3S. The van der Waals surface area contributed by atoms with Crippen LogP contribution in [0.3, 0.4) is 0 Å². The molecule has 0 saturated carbocycles. The highest BCUT2D eigenvalue weighted by molar-refractivity contribution is 7.89. The van der Waals surface area contributed by atoms with Gasteiger partial charge in [-0.2, -0.15) is 4.31 Å². The maximum absolute atomic E-state index is 12.1. The lowest BCUT2D eigenvalue weighted by Gasteiger charge is -2.39. The van der Waals surface area contributed by atoms with E-state index >= 15 is 0 Å². The molecule has 1 fully saturated rings. The summed E-state index contributed by atoms with van der Waals surface area (Å²) in [6.45, 7) is 5.14. The molecule has 0 spiro atoms. The molecule has 0 bridgehead atoms. The fourth-order valence-electron chi connectivity index (χ4n) is 2.20. The van der Waals surface area contributed by atoms with Crippen LogP contribution in [0.1, 0.15) is 40.0 Å². The van der Waals surface area contributed by atoms with Gasteiger partial charge in [0.1, 0.15) is 0 Å². The summed E-state index contributed by atoms with van der Waals surface area (Å²) in [5.41, 5.74) is 0. The maximum atomic E-state index is 12.1. The van der Waals surface area contributed by atoms with Gasteiger partial charge in [0, 0.05) is 12.1 Å². The lowest BCUT2D eigenvalue weighted by molar-refractivity contribution is 0.198. The summed E-state index contributed by atoms with van der Waals surface area (Å²) >= 11 is 0. The van der Waals surface area contributed by atoms with Crippen molar-refractivity contribution in [2.75, 3.05) is 6.61 Å². The zero-order chi connectivity index (χ0) is 11.6. The van der Waals surface area contributed by atoms with Crippen molar-refractivity contribution in [2.45, 2.75) is 57.4 Å². The molecule has 4 nitrogen and oxygen atoms in total. The summed E-state index contributed by atoms with van der Waals surface area (Å²) in [5.74, 6) is 0. The Kier molecular flexibility index (Phi) is 4.14. The average Bonchev–Trinajstić information content (AvgIpc) is 2.15. The number of hydrogen-bond acceptors (Lipinski definition) is 3. The highest BCUT2D eigenvalue weighted by atomic mass is 32.2. The van der Waals surface area contributed by atoms with Gasteiger partial charge in [-0.1, -0.05) is 6.42 Å². The van der Waals surface area contributed by atoms with Crippen LogP contribution in [0.5, 0.6) is 0 Å². The second-order valence-electron chi connectivity index (χ2n) is 4.50. The average molecular weight is 235 g/mol. The molecule has 0 aliphatic carbocycles. The van der Waals surface area contributed by atoms with Gasteiger partial charge in [-0.3, -0.25) is 0 Å². The van der Waals surface area contributed by atoms with E-state index in [4.69, 9.17) is 5.11 Å². The van der Waals surface area contributed by atoms with E-state index in [1.165, 1.54) is 0 Å². The minimum absolute atomic E-state index is 0.0627. The molecule has 1 aliphatic heterocycles. The van der Waals surface area contributed by atoms with Gasteiger partial charge in [-0.15, -0.1) is 0 Å². The Balaban J connectivity index is 2.93. The minimum atomic E-state index is -3.33. The molecule has 90 valence electrons. The van der Waals surface area contributed by atoms with E-state index < -0.39 is 15.3 Å². The third-order valence-electron chi connectivity index (χ3n) is 3.17. The largest absolute Gasteiger partial charge is 0.395 e. The Morgan fingerprint density at radius 1 is 1.33 bits per heavy atom. The highest BCUT2D eigenvalue weighted by Gasteiger charge is 2.37. The summed E-state index contributed by atoms with van der Waals surface area (Å²) < 4.78 is 25.8. The monoisotopic (exact) mass is 235 g/mol. The molecular weight excluding hydrogens is 214 g/mol. The number of piperidine rings is 1. The van der Waals surface area contributed by atoms with Crippen molar-refractivity contribution in [3.8, 4) is 0 Å². The van der Waals surface area contributed by atoms with Crippen LogP contribution in [0.2, 0.25) is 0 Å². The van der Waals surface area contributed by atoms with Gasteiger partial charge in [-0.05, 0) is 33.6 Å². The molecule has 3 unspecified atom stereocenters. The van der Waals surface area contributed by atoms with Gasteiger partial charge in [0.2, 0.25) is 10.0 Å². The molecule has 1 N–H and O–H groups in total. The molecule has 5 heteroatoms. The van der Waals surface area contributed by atoms with E-state index in [-0.39, 0.29) is 18.7 Å². The molecule has 3 atom stereocenters. The van der Waals surface area contributed by atoms with E-state index in [9.17, 15) is 8.42 Å². The Hall–Kier alpha value is -0.130. The molecule has 0 amide bonds. The third kappa shape index (κ3) is 2.52. The van der Waals surface area contributed by atoms with Crippen molar-refractivity contribution in [3.05, 3.63) is 0 Å². The molecule has 1 rings (SSSR count). The highest BCUT2D eigenvalue weighted by Crippen LogP contribution is 2.27.